The molecule has 1 aromatic heterocycles. The molecule has 1 aliphatic heterocycles. The molecule has 2 N–H and O–H groups in total. The van der Waals surface area contributed by atoms with Crippen LogP contribution >= 0.6 is 0 Å². The first kappa shape index (κ1) is 14.6. The lowest BCUT2D eigenvalue weighted by Gasteiger charge is -2.28. The summed E-state index contributed by atoms with van der Waals surface area (Å²) in [5.74, 6) is 0.663. The molecule has 0 fully saturated rings. The Labute approximate surface area is 128 Å². The van der Waals surface area contributed by atoms with Gasteiger partial charge in [-0.2, -0.15) is 0 Å². The summed E-state index contributed by atoms with van der Waals surface area (Å²) in [6.45, 7) is 2.32. The fourth-order valence-electron chi connectivity index (χ4n) is 2.96. The molecule has 0 amide bonds. The number of rotatable bonds is 3. The number of hydrogen-bond acceptors (Lipinski definition) is 3. The maximum atomic E-state index is 12.3. The van der Waals surface area contributed by atoms with Crippen LogP contribution in [0.3, 0.4) is 0 Å². The zero-order chi connectivity index (χ0) is 15.7. The molecule has 0 saturated carbocycles. The number of quaternary nitrogens is 1. The van der Waals surface area contributed by atoms with Crippen LogP contribution < -0.4 is 21.5 Å². The van der Waals surface area contributed by atoms with Gasteiger partial charge in [-0.25, -0.2) is 4.79 Å². The molecule has 6 nitrogen and oxygen atoms in total. The van der Waals surface area contributed by atoms with Gasteiger partial charge < -0.3 is 10.2 Å². The fourth-order valence-corrected chi connectivity index (χ4v) is 2.96. The number of fused-ring (bicyclic) bond motifs is 1. The first-order valence-electron chi connectivity index (χ1n) is 7.48. The minimum atomic E-state index is -0.288. The molecule has 0 spiro atoms. The standard InChI is InChI=1S/C16H20N4O2/c1-18-14-13(15(21)19(2)16(18)22)10-20(11-17-14)9-8-12-6-4-3-5-7-12/h3-7,17H,8-11H2,1-2H3/p+1. The van der Waals surface area contributed by atoms with E-state index in [1.807, 2.05) is 18.2 Å². The van der Waals surface area contributed by atoms with Gasteiger partial charge in [0.2, 0.25) is 0 Å². The summed E-state index contributed by atoms with van der Waals surface area (Å²) >= 11 is 0. The number of aromatic nitrogens is 2. The van der Waals surface area contributed by atoms with E-state index in [1.54, 1.807) is 7.05 Å². The SMILES string of the molecule is Cn1c2c(c(=O)n(C)c1=O)C[NH+](CCc1ccccc1)CN2. The Morgan fingerprint density at radius 3 is 2.59 bits per heavy atom. The van der Waals surface area contributed by atoms with Crippen molar-refractivity contribution < 1.29 is 4.90 Å². The first-order valence-corrected chi connectivity index (χ1v) is 7.48. The van der Waals surface area contributed by atoms with E-state index in [2.05, 4.69) is 17.4 Å². The lowest BCUT2D eigenvalue weighted by atomic mass is 10.1. The maximum absolute atomic E-state index is 12.3. The predicted octanol–water partition coefficient (Wildman–Crippen LogP) is -0.905. The Morgan fingerprint density at radius 2 is 1.86 bits per heavy atom. The predicted molar refractivity (Wildman–Crippen MR) is 85.1 cm³/mol. The van der Waals surface area contributed by atoms with Gasteiger partial charge in [-0.05, 0) is 5.56 Å². The lowest BCUT2D eigenvalue weighted by Crippen LogP contribution is -3.13. The molecular formula is C16H21N4O2+. The normalized spacial score (nSPS) is 16.9. The van der Waals surface area contributed by atoms with Gasteiger partial charge in [0.15, 0.2) is 6.67 Å². The average molecular weight is 301 g/mol. The smallest absolute Gasteiger partial charge is 0.324 e. The largest absolute Gasteiger partial charge is 0.332 e. The second kappa shape index (κ2) is 5.81. The molecule has 22 heavy (non-hydrogen) atoms. The maximum Gasteiger partial charge on any atom is 0.332 e. The Hall–Kier alpha value is -2.34. The summed E-state index contributed by atoms with van der Waals surface area (Å²) in [4.78, 5) is 25.5. The number of nitrogens with one attached hydrogen (secondary N) is 2. The molecule has 0 bridgehead atoms. The minimum Gasteiger partial charge on any atom is -0.324 e. The number of hydrogen-bond donors (Lipinski definition) is 2. The molecule has 0 radical (unpaired) electrons. The van der Waals surface area contributed by atoms with Crippen molar-refractivity contribution in [1.82, 2.24) is 9.13 Å². The molecule has 3 rings (SSSR count). The molecule has 1 unspecified atom stereocenters. The average Bonchev–Trinajstić information content (AvgIpc) is 2.57. The van der Waals surface area contributed by atoms with Gasteiger partial charge in [0.25, 0.3) is 5.56 Å². The molecule has 6 heteroatoms. The molecule has 1 aromatic carbocycles. The van der Waals surface area contributed by atoms with Crippen molar-refractivity contribution >= 4 is 5.82 Å². The topological polar surface area (TPSA) is 60.5 Å². The van der Waals surface area contributed by atoms with E-state index in [1.165, 1.54) is 26.6 Å². The first-order chi connectivity index (χ1) is 10.6. The Bertz CT molecular complexity index is 792. The van der Waals surface area contributed by atoms with Crippen LogP contribution in [0.5, 0.6) is 0 Å². The zero-order valence-electron chi connectivity index (χ0n) is 12.9. The Balaban J connectivity index is 1.80. The van der Waals surface area contributed by atoms with Gasteiger partial charge >= 0.3 is 5.69 Å². The van der Waals surface area contributed by atoms with E-state index in [0.29, 0.717) is 17.9 Å². The van der Waals surface area contributed by atoms with Gasteiger partial charge in [0, 0.05) is 20.5 Å². The molecule has 0 aliphatic carbocycles. The number of nitrogens with zero attached hydrogens (tertiary/aromatic N) is 2. The summed E-state index contributed by atoms with van der Waals surface area (Å²) in [7, 11) is 3.23. The highest BCUT2D eigenvalue weighted by atomic mass is 16.2. The van der Waals surface area contributed by atoms with Gasteiger partial charge in [0.05, 0.1) is 6.54 Å². The molecule has 116 valence electrons. The van der Waals surface area contributed by atoms with Crippen LogP contribution in [0.2, 0.25) is 0 Å². The second-order valence-corrected chi connectivity index (χ2v) is 5.80. The quantitative estimate of drug-likeness (QED) is 0.772. The molecule has 2 aromatic rings. The summed E-state index contributed by atoms with van der Waals surface area (Å²) in [5.41, 5.74) is 1.51. The summed E-state index contributed by atoms with van der Waals surface area (Å²) < 4.78 is 2.70. The van der Waals surface area contributed by atoms with E-state index in [4.69, 9.17) is 0 Å². The number of anilines is 1. The van der Waals surface area contributed by atoms with Crippen LogP contribution in [-0.2, 0) is 27.1 Å². The summed E-state index contributed by atoms with van der Waals surface area (Å²) in [6.07, 6.45) is 0.971. The third-order valence-corrected chi connectivity index (χ3v) is 4.30. The van der Waals surface area contributed by atoms with E-state index >= 15 is 0 Å². The van der Waals surface area contributed by atoms with Crippen molar-refractivity contribution in [2.24, 2.45) is 14.1 Å². The zero-order valence-corrected chi connectivity index (χ0v) is 12.9. The van der Waals surface area contributed by atoms with Crippen molar-refractivity contribution in [1.29, 1.82) is 0 Å². The van der Waals surface area contributed by atoms with Crippen LogP contribution in [-0.4, -0.2) is 22.3 Å². The van der Waals surface area contributed by atoms with Crippen LogP contribution in [0.1, 0.15) is 11.1 Å². The van der Waals surface area contributed by atoms with Gasteiger partial charge in [-0.3, -0.25) is 13.9 Å². The van der Waals surface area contributed by atoms with Crippen LogP contribution in [0.25, 0.3) is 0 Å². The molecule has 2 heterocycles. The lowest BCUT2D eigenvalue weighted by molar-refractivity contribution is -0.912. The van der Waals surface area contributed by atoms with Crippen molar-refractivity contribution in [3.05, 3.63) is 62.3 Å². The monoisotopic (exact) mass is 301 g/mol. The fraction of sp³-hybridized carbons (Fsp3) is 0.375. The highest BCUT2D eigenvalue weighted by Gasteiger charge is 2.25. The Kier molecular flexibility index (Phi) is 3.85. The highest BCUT2D eigenvalue weighted by Crippen LogP contribution is 2.08. The number of benzene rings is 1. The third-order valence-electron chi connectivity index (χ3n) is 4.30. The van der Waals surface area contributed by atoms with Crippen LogP contribution in [0.4, 0.5) is 5.82 Å². The summed E-state index contributed by atoms with van der Waals surface area (Å²) in [5, 5.41) is 3.24. The van der Waals surface area contributed by atoms with E-state index in [9.17, 15) is 9.59 Å². The van der Waals surface area contributed by atoms with E-state index in [-0.39, 0.29) is 11.2 Å². The second-order valence-electron chi connectivity index (χ2n) is 5.80. The summed E-state index contributed by atoms with van der Waals surface area (Å²) in [6, 6.07) is 10.3. The van der Waals surface area contributed by atoms with Crippen LogP contribution in [0.15, 0.2) is 39.9 Å². The van der Waals surface area contributed by atoms with E-state index in [0.717, 1.165) is 19.6 Å². The van der Waals surface area contributed by atoms with Crippen molar-refractivity contribution in [3.8, 4) is 0 Å². The molecule has 1 atom stereocenters. The molecule has 1 aliphatic rings. The van der Waals surface area contributed by atoms with Crippen LogP contribution in [0, 0.1) is 0 Å². The van der Waals surface area contributed by atoms with Crippen molar-refractivity contribution in [2.45, 2.75) is 13.0 Å². The highest BCUT2D eigenvalue weighted by molar-refractivity contribution is 5.43. The Morgan fingerprint density at radius 1 is 1.14 bits per heavy atom. The molecule has 0 saturated heterocycles. The minimum absolute atomic E-state index is 0.192. The van der Waals surface area contributed by atoms with Gasteiger partial charge in [0.1, 0.15) is 17.9 Å². The molecular weight excluding hydrogens is 280 g/mol. The van der Waals surface area contributed by atoms with E-state index < -0.39 is 0 Å². The third kappa shape index (κ3) is 2.57. The van der Waals surface area contributed by atoms with Gasteiger partial charge in [-0.15, -0.1) is 0 Å². The van der Waals surface area contributed by atoms with Crippen molar-refractivity contribution in [2.75, 3.05) is 18.5 Å². The van der Waals surface area contributed by atoms with Crippen molar-refractivity contribution in [3.63, 3.8) is 0 Å². The van der Waals surface area contributed by atoms with Gasteiger partial charge in [-0.1, -0.05) is 30.3 Å².